The lowest BCUT2D eigenvalue weighted by atomic mass is 10.3. The first kappa shape index (κ1) is 10.9. The van der Waals surface area contributed by atoms with Crippen molar-refractivity contribution in [2.24, 2.45) is 0 Å². The highest BCUT2D eigenvalue weighted by atomic mass is 15.2. The molecule has 0 amide bonds. The topological polar surface area (TPSA) is 60.0 Å². The number of imidazole rings is 1. The zero-order valence-electron chi connectivity index (χ0n) is 9.88. The van der Waals surface area contributed by atoms with E-state index in [9.17, 15) is 0 Å². The summed E-state index contributed by atoms with van der Waals surface area (Å²) in [6, 6.07) is 4.19. The van der Waals surface area contributed by atoms with Crippen LogP contribution in [0.1, 0.15) is 6.92 Å². The third-order valence-corrected chi connectivity index (χ3v) is 2.86. The molecular weight excluding hydrogens is 202 g/mol. The predicted molar refractivity (Wildman–Crippen MR) is 65.1 cm³/mol. The summed E-state index contributed by atoms with van der Waals surface area (Å²) in [5, 5.41) is 0. The van der Waals surface area contributed by atoms with Gasteiger partial charge in [-0.1, -0.05) is 0 Å². The maximum Gasteiger partial charge on any atom is 0.202 e. The van der Waals surface area contributed by atoms with Gasteiger partial charge in [0.15, 0.2) is 5.65 Å². The molecule has 5 heteroatoms. The molecule has 2 rings (SSSR count). The Bertz CT molecular complexity index is 488. The number of anilines is 1. The highest BCUT2D eigenvalue weighted by Gasteiger charge is 2.12. The quantitative estimate of drug-likeness (QED) is 0.835. The summed E-state index contributed by atoms with van der Waals surface area (Å²) in [7, 11) is 4.10. The van der Waals surface area contributed by atoms with Crippen LogP contribution in [0.25, 0.3) is 11.2 Å². The summed E-state index contributed by atoms with van der Waals surface area (Å²) >= 11 is 0. The van der Waals surface area contributed by atoms with Gasteiger partial charge >= 0.3 is 0 Å². The predicted octanol–water partition coefficient (Wildman–Crippen LogP) is 0.964. The van der Waals surface area contributed by atoms with Gasteiger partial charge in [0, 0.05) is 18.8 Å². The van der Waals surface area contributed by atoms with Crippen LogP contribution in [0.3, 0.4) is 0 Å². The van der Waals surface area contributed by atoms with Crippen LogP contribution in [0.5, 0.6) is 0 Å². The zero-order chi connectivity index (χ0) is 11.7. The molecule has 2 aromatic heterocycles. The second kappa shape index (κ2) is 4.09. The van der Waals surface area contributed by atoms with E-state index < -0.39 is 0 Å². The Balaban J connectivity index is 2.40. The second-order valence-electron chi connectivity index (χ2n) is 4.24. The van der Waals surface area contributed by atoms with Crippen molar-refractivity contribution in [1.29, 1.82) is 0 Å². The third kappa shape index (κ3) is 1.86. The number of nitrogens with zero attached hydrogens (tertiary/aromatic N) is 4. The molecule has 1 atom stereocenters. The summed E-state index contributed by atoms with van der Waals surface area (Å²) in [6.45, 7) is 2.94. The van der Waals surface area contributed by atoms with Gasteiger partial charge in [0.25, 0.3) is 0 Å². The maximum atomic E-state index is 5.90. The Morgan fingerprint density at radius 1 is 1.50 bits per heavy atom. The van der Waals surface area contributed by atoms with E-state index in [1.165, 1.54) is 0 Å². The molecule has 16 heavy (non-hydrogen) atoms. The fraction of sp³-hybridized carbons (Fsp3) is 0.455. The highest BCUT2D eigenvalue weighted by molar-refractivity contribution is 5.73. The van der Waals surface area contributed by atoms with E-state index in [0.717, 1.165) is 17.7 Å². The van der Waals surface area contributed by atoms with E-state index in [-0.39, 0.29) is 0 Å². The highest BCUT2D eigenvalue weighted by Crippen LogP contribution is 2.15. The molecular formula is C11H17N5. The number of hydrogen-bond donors (Lipinski definition) is 1. The number of fused-ring (bicyclic) bond motifs is 1. The van der Waals surface area contributed by atoms with Crippen LogP contribution in [0.2, 0.25) is 0 Å². The third-order valence-electron chi connectivity index (χ3n) is 2.86. The summed E-state index contributed by atoms with van der Waals surface area (Å²) in [6.07, 6.45) is 1.76. The molecule has 0 aliphatic heterocycles. The molecule has 0 aliphatic rings. The van der Waals surface area contributed by atoms with Crippen LogP contribution in [0.15, 0.2) is 18.3 Å². The number of aromatic nitrogens is 3. The molecule has 0 spiro atoms. The SMILES string of the molecule is CC(Cn1c(N)nc2cccnc21)N(C)C. The van der Waals surface area contributed by atoms with Crippen molar-refractivity contribution >= 4 is 17.1 Å². The van der Waals surface area contributed by atoms with Crippen LogP contribution in [-0.2, 0) is 6.54 Å². The van der Waals surface area contributed by atoms with Gasteiger partial charge in [0.05, 0.1) is 0 Å². The molecule has 0 saturated heterocycles. The van der Waals surface area contributed by atoms with Crippen molar-refractivity contribution in [2.75, 3.05) is 19.8 Å². The molecule has 0 fully saturated rings. The average molecular weight is 219 g/mol. The summed E-state index contributed by atoms with van der Waals surface area (Å²) < 4.78 is 1.96. The van der Waals surface area contributed by atoms with Gasteiger partial charge < -0.3 is 10.6 Å². The van der Waals surface area contributed by atoms with Crippen LogP contribution >= 0.6 is 0 Å². The number of nitrogen functional groups attached to an aromatic ring is 1. The fourth-order valence-corrected chi connectivity index (χ4v) is 1.58. The Kier molecular flexibility index (Phi) is 2.78. The first-order valence-corrected chi connectivity index (χ1v) is 5.32. The lowest BCUT2D eigenvalue weighted by molar-refractivity contribution is 0.286. The van der Waals surface area contributed by atoms with Crippen molar-refractivity contribution in [2.45, 2.75) is 19.5 Å². The summed E-state index contributed by atoms with van der Waals surface area (Å²) in [5.74, 6) is 0.530. The van der Waals surface area contributed by atoms with E-state index in [1.54, 1.807) is 6.20 Å². The minimum Gasteiger partial charge on any atom is -0.369 e. The zero-order valence-corrected chi connectivity index (χ0v) is 9.88. The number of rotatable bonds is 3. The monoisotopic (exact) mass is 219 g/mol. The normalized spacial score (nSPS) is 13.5. The van der Waals surface area contributed by atoms with Gasteiger partial charge in [-0.3, -0.25) is 4.57 Å². The van der Waals surface area contributed by atoms with Gasteiger partial charge in [-0.15, -0.1) is 0 Å². The first-order valence-electron chi connectivity index (χ1n) is 5.32. The van der Waals surface area contributed by atoms with Crippen LogP contribution < -0.4 is 5.73 Å². The van der Waals surface area contributed by atoms with Gasteiger partial charge in [-0.05, 0) is 33.2 Å². The van der Waals surface area contributed by atoms with Crippen molar-refractivity contribution in [3.8, 4) is 0 Å². The Labute approximate surface area is 94.9 Å². The Hall–Kier alpha value is -1.62. The van der Waals surface area contributed by atoms with Crippen molar-refractivity contribution in [3.05, 3.63) is 18.3 Å². The molecule has 5 nitrogen and oxygen atoms in total. The molecule has 2 heterocycles. The van der Waals surface area contributed by atoms with Crippen LogP contribution in [0, 0.1) is 0 Å². The molecule has 86 valence electrons. The number of pyridine rings is 1. The van der Waals surface area contributed by atoms with E-state index in [4.69, 9.17) is 5.73 Å². The van der Waals surface area contributed by atoms with Crippen LogP contribution in [-0.4, -0.2) is 39.6 Å². The van der Waals surface area contributed by atoms with E-state index in [2.05, 4.69) is 21.8 Å². The molecule has 0 saturated carbocycles. The van der Waals surface area contributed by atoms with Gasteiger partial charge in [0.1, 0.15) is 5.52 Å². The number of nitrogens with two attached hydrogens (primary N) is 1. The molecule has 1 unspecified atom stereocenters. The standard InChI is InChI=1S/C11H17N5/c1-8(15(2)3)7-16-10-9(14-11(16)12)5-4-6-13-10/h4-6,8H,7H2,1-3H3,(H2,12,14). The minimum atomic E-state index is 0.390. The molecule has 0 radical (unpaired) electrons. The summed E-state index contributed by atoms with van der Waals surface area (Å²) in [4.78, 5) is 10.7. The number of hydrogen-bond acceptors (Lipinski definition) is 4. The van der Waals surface area contributed by atoms with Crippen molar-refractivity contribution < 1.29 is 0 Å². The molecule has 2 aromatic rings. The van der Waals surface area contributed by atoms with E-state index in [1.807, 2.05) is 30.8 Å². The van der Waals surface area contributed by atoms with E-state index >= 15 is 0 Å². The maximum absolute atomic E-state index is 5.90. The van der Waals surface area contributed by atoms with Crippen molar-refractivity contribution in [3.63, 3.8) is 0 Å². The lowest BCUT2D eigenvalue weighted by Crippen LogP contribution is -2.29. The largest absolute Gasteiger partial charge is 0.369 e. The molecule has 0 bridgehead atoms. The smallest absolute Gasteiger partial charge is 0.202 e. The van der Waals surface area contributed by atoms with Gasteiger partial charge in [-0.2, -0.15) is 0 Å². The van der Waals surface area contributed by atoms with E-state index in [0.29, 0.717) is 12.0 Å². The lowest BCUT2D eigenvalue weighted by Gasteiger charge is -2.20. The fourth-order valence-electron chi connectivity index (χ4n) is 1.58. The van der Waals surface area contributed by atoms with Gasteiger partial charge in [0.2, 0.25) is 5.95 Å². The minimum absolute atomic E-state index is 0.390. The van der Waals surface area contributed by atoms with Gasteiger partial charge in [-0.25, -0.2) is 9.97 Å². The Morgan fingerprint density at radius 2 is 2.25 bits per heavy atom. The van der Waals surface area contributed by atoms with Crippen molar-refractivity contribution in [1.82, 2.24) is 19.4 Å². The first-order chi connectivity index (χ1) is 7.59. The molecule has 0 aliphatic carbocycles. The molecule has 2 N–H and O–H groups in total. The second-order valence-corrected chi connectivity index (χ2v) is 4.24. The average Bonchev–Trinajstić information content (AvgIpc) is 2.55. The number of likely N-dealkylation sites (N-methyl/N-ethyl adjacent to an activating group) is 1. The van der Waals surface area contributed by atoms with Crippen LogP contribution in [0.4, 0.5) is 5.95 Å². The Morgan fingerprint density at radius 3 is 2.94 bits per heavy atom. The summed E-state index contributed by atoms with van der Waals surface area (Å²) in [5.41, 5.74) is 7.60. The molecule has 0 aromatic carbocycles.